The van der Waals surface area contributed by atoms with Gasteiger partial charge in [-0.05, 0) is 61.4 Å². The van der Waals surface area contributed by atoms with Crippen LogP contribution in [0.5, 0.6) is 0 Å². The summed E-state index contributed by atoms with van der Waals surface area (Å²) in [5.74, 6) is 4.81. The highest BCUT2D eigenvalue weighted by atomic mass is 16.5. The first-order valence-corrected chi connectivity index (χ1v) is 9.89. The maximum absolute atomic E-state index is 12.3. The molecule has 0 aliphatic carbocycles. The molecule has 0 saturated carbocycles. The lowest BCUT2D eigenvalue weighted by Gasteiger charge is -2.20. The first-order chi connectivity index (χ1) is 14.9. The van der Waals surface area contributed by atoms with Crippen molar-refractivity contribution in [2.24, 2.45) is 5.73 Å². The van der Waals surface area contributed by atoms with Gasteiger partial charge in [-0.3, -0.25) is 14.8 Å². The molecule has 0 saturated heterocycles. The van der Waals surface area contributed by atoms with E-state index in [-0.39, 0.29) is 0 Å². The van der Waals surface area contributed by atoms with Crippen molar-refractivity contribution in [1.82, 2.24) is 10.8 Å². The Hall–Kier alpha value is -3.44. The van der Waals surface area contributed by atoms with Crippen molar-refractivity contribution in [2.45, 2.75) is 32.5 Å². The Bertz CT molecular complexity index is 955. The minimum atomic E-state index is -1.04. The maximum atomic E-state index is 12.3. The fourth-order valence-electron chi connectivity index (χ4n) is 2.64. The minimum absolute atomic E-state index is 0.367. The second-order valence-electron chi connectivity index (χ2n) is 6.85. The van der Waals surface area contributed by atoms with E-state index in [0.717, 1.165) is 16.7 Å². The van der Waals surface area contributed by atoms with E-state index >= 15 is 0 Å². The van der Waals surface area contributed by atoms with E-state index in [9.17, 15) is 9.59 Å². The standard InChI is InChI=1S/C24H27N3O4/c1-3-31-16-20-10-8-18(9-11-20)6-4-5-7-19-12-14-21(15-13-19)23(28)26-22(17(2)25)24(29)27-30/h5,7-15,17,22,30H,3,16,25H2,1-2H3,(H,26,28)(H,27,29)/t17-,22+/m1/s1. The molecule has 0 aliphatic rings. The quantitative estimate of drug-likeness (QED) is 0.297. The van der Waals surface area contributed by atoms with Gasteiger partial charge in [0.15, 0.2) is 0 Å². The van der Waals surface area contributed by atoms with Crippen molar-refractivity contribution in [3.63, 3.8) is 0 Å². The molecular formula is C24H27N3O4. The zero-order chi connectivity index (χ0) is 22.6. The average Bonchev–Trinajstić information content (AvgIpc) is 2.79. The van der Waals surface area contributed by atoms with Gasteiger partial charge in [0.2, 0.25) is 0 Å². The largest absolute Gasteiger partial charge is 0.377 e. The predicted octanol–water partition coefficient (Wildman–Crippen LogP) is 2.24. The van der Waals surface area contributed by atoms with E-state index in [2.05, 4.69) is 17.2 Å². The van der Waals surface area contributed by atoms with Gasteiger partial charge in [0.25, 0.3) is 11.8 Å². The van der Waals surface area contributed by atoms with Gasteiger partial charge in [-0.25, -0.2) is 5.48 Å². The molecule has 0 spiro atoms. The van der Waals surface area contributed by atoms with E-state index in [0.29, 0.717) is 18.8 Å². The number of hydrogen-bond donors (Lipinski definition) is 4. The van der Waals surface area contributed by atoms with Crippen LogP contribution in [-0.2, 0) is 16.1 Å². The van der Waals surface area contributed by atoms with Crippen molar-refractivity contribution < 1.29 is 19.5 Å². The van der Waals surface area contributed by atoms with Gasteiger partial charge in [0.1, 0.15) is 6.04 Å². The van der Waals surface area contributed by atoms with Crippen LogP contribution in [0.1, 0.15) is 40.9 Å². The number of benzene rings is 2. The van der Waals surface area contributed by atoms with Crippen molar-refractivity contribution >= 4 is 17.9 Å². The van der Waals surface area contributed by atoms with Crippen LogP contribution < -0.4 is 16.5 Å². The summed E-state index contributed by atoms with van der Waals surface area (Å²) in [5.41, 5.74) is 10.4. The Morgan fingerprint density at radius 2 is 1.84 bits per heavy atom. The highest BCUT2D eigenvalue weighted by molar-refractivity contribution is 5.97. The van der Waals surface area contributed by atoms with Gasteiger partial charge in [-0.2, -0.15) is 0 Å². The third-order valence-corrected chi connectivity index (χ3v) is 4.38. The van der Waals surface area contributed by atoms with Crippen LogP contribution in [0.3, 0.4) is 0 Å². The molecule has 0 aliphatic heterocycles. The molecule has 0 aromatic heterocycles. The number of nitrogens with one attached hydrogen (secondary N) is 2. The molecule has 2 atom stereocenters. The molecule has 0 heterocycles. The molecule has 0 radical (unpaired) electrons. The number of hydroxylamine groups is 1. The first kappa shape index (κ1) is 23.8. The number of amides is 2. The van der Waals surface area contributed by atoms with E-state index in [4.69, 9.17) is 15.7 Å². The Labute approximate surface area is 182 Å². The number of hydrogen-bond acceptors (Lipinski definition) is 5. The predicted molar refractivity (Wildman–Crippen MR) is 119 cm³/mol. The van der Waals surface area contributed by atoms with E-state index in [1.165, 1.54) is 5.48 Å². The summed E-state index contributed by atoms with van der Waals surface area (Å²) in [7, 11) is 0. The highest BCUT2D eigenvalue weighted by Gasteiger charge is 2.24. The lowest BCUT2D eigenvalue weighted by molar-refractivity contribution is -0.131. The van der Waals surface area contributed by atoms with Gasteiger partial charge < -0.3 is 15.8 Å². The van der Waals surface area contributed by atoms with E-state index in [1.807, 2.05) is 37.3 Å². The van der Waals surface area contributed by atoms with Crippen molar-refractivity contribution in [3.05, 3.63) is 76.9 Å². The fraction of sp³-hybridized carbons (Fsp3) is 0.250. The molecule has 2 amide bonds. The minimum Gasteiger partial charge on any atom is -0.377 e. The van der Waals surface area contributed by atoms with E-state index < -0.39 is 23.9 Å². The molecular weight excluding hydrogens is 394 g/mol. The zero-order valence-electron chi connectivity index (χ0n) is 17.6. The Balaban J connectivity index is 1.95. The zero-order valence-corrected chi connectivity index (χ0v) is 17.6. The SMILES string of the molecule is CCOCc1ccc(C#CC=Cc2ccc(C(=O)N[C@H](C(=O)NO)[C@@H](C)N)cc2)cc1. The lowest BCUT2D eigenvalue weighted by Crippen LogP contribution is -2.54. The van der Waals surface area contributed by atoms with Gasteiger partial charge in [-0.15, -0.1) is 0 Å². The van der Waals surface area contributed by atoms with Crippen LogP contribution in [0, 0.1) is 11.8 Å². The van der Waals surface area contributed by atoms with Crippen LogP contribution in [-0.4, -0.2) is 35.7 Å². The highest BCUT2D eigenvalue weighted by Crippen LogP contribution is 2.08. The summed E-state index contributed by atoms with van der Waals surface area (Å²) in [6.07, 6.45) is 3.57. The number of ether oxygens (including phenoxy) is 1. The lowest BCUT2D eigenvalue weighted by atomic mass is 10.1. The van der Waals surface area contributed by atoms with Gasteiger partial charge >= 0.3 is 0 Å². The summed E-state index contributed by atoms with van der Waals surface area (Å²) in [5, 5.41) is 11.3. The van der Waals surface area contributed by atoms with Crippen LogP contribution in [0.2, 0.25) is 0 Å². The second-order valence-corrected chi connectivity index (χ2v) is 6.85. The van der Waals surface area contributed by atoms with Crippen LogP contribution in [0.4, 0.5) is 0 Å². The smallest absolute Gasteiger partial charge is 0.267 e. The average molecular weight is 421 g/mol. The summed E-state index contributed by atoms with van der Waals surface area (Å²) in [4.78, 5) is 23.9. The summed E-state index contributed by atoms with van der Waals surface area (Å²) in [6, 6.07) is 13.0. The van der Waals surface area contributed by atoms with Crippen LogP contribution in [0.15, 0.2) is 54.6 Å². The third kappa shape index (κ3) is 7.72. The Morgan fingerprint density at radius 1 is 1.16 bits per heavy atom. The first-order valence-electron chi connectivity index (χ1n) is 9.89. The van der Waals surface area contributed by atoms with Crippen molar-refractivity contribution in [1.29, 1.82) is 0 Å². The van der Waals surface area contributed by atoms with Crippen molar-refractivity contribution in [3.8, 4) is 11.8 Å². The number of carbonyl (C=O) groups is 2. The molecule has 2 aromatic rings. The normalized spacial score (nSPS) is 12.5. The van der Waals surface area contributed by atoms with Crippen molar-refractivity contribution in [2.75, 3.05) is 6.61 Å². The molecule has 2 aromatic carbocycles. The summed E-state index contributed by atoms with van der Waals surface area (Å²) in [6.45, 7) is 4.81. The molecule has 0 fully saturated rings. The summed E-state index contributed by atoms with van der Waals surface area (Å²) >= 11 is 0. The van der Waals surface area contributed by atoms with Crippen LogP contribution in [0.25, 0.3) is 6.08 Å². The molecule has 2 rings (SSSR count). The van der Waals surface area contributed by atoms with Gasteiger partial charge in [0, 0.05) is 23.8 Å². The number of rotatable bonds is 8. The monoisotopic (exact) mass is 421 g/mol. The number of nitrogens with two attached hydrogens (primary N) is 1. The number of carbonyl (C=O) groups excluding carboxylic acids is 2. The fourth-order valence-corrected chi connectivity index (χ4v) is 2.64. The molecule has 0 unspecified atom stereocenters. The van der Waals surface area contributed by atoms with Gasteiger partial charge in [-0.1, -0.05) is 36.1 Å². The summed E-state index contributed by atoms with van der Waals surface area (Å²) < 4.78 is 5.37. The van der Waals surface area contributed by atoms with Gasteiger partial charge in [0.05, 0.1) is 6.61 Å². The number of allylic oxidation sites excluding steroid dienone is 1. The molecule has 162 valence electrons. The van der Waals surface area contributed by atoms with Crippen LogP contribution >= 0.6 is 0 Å². The van der Waals surface area contributed by atoms with E-state index in [1.54, 1.807) is 37.3 Å². The molecule has 7 nitrogen and oxygen atoms in total. The second kappa shape index (κ2) is 12.3. The molecule has 7 heteroatoms. The Kier molecular flexibility index (Phi) is 9.46. The molecule has 0 bridgehead atoms. The molecule has 31 heavy (non-hydrogen) atoms. The maximum Gasteiger partial charge on any atom is 0.267 e. The molecule has 5 N–H and O–H groups in total. The third-order valence-electron chi connectivity index (χ3n) is 4.38. The topological polar surface area (TPSA) is 114 Å². The Morgan fingerprint density at radius 3 is 2.42 bits per heavy atom.